The maximum Gasteiger partial charge on any atom is 0.315 e. The number of hydrogen-bond donors (Lipinski definition) is 3. The predicted molar refractivity (Wildman–Crippen MR) is 93.0 cm³/mol. The molecule has 9 heteroatoms. The van der Waals surface area contributed by atoms with Crippen molar-refractivity contribution in [2.45, 2.75) is 32.0 Å². The normalized spacial score (nSPS) is 19.7. The Morgan fingerprint density at radius 3 is 2.52 bits per heavy atom. The van der Waals surface area contributed by atoms with Crippen molar-refractivity contribution in [2.75, 3.05) is 18.6 Å². The molecule has 8 nitrogen and oxygen atoms in total. The third-order valence-corrected chi connectivity index (χ3v) is 5.70. The van der Waals surface area contributed by atoms with Crippen LogP contribution < -0.4 is 20.7 Å². The Hall–Kier alpha value is -2.29. The lowest BCUT2D eigenvalue weighted by atomic mass is 10.2. The van der Waals surface area contributed by atoms with Crippen molar-refractivity contribution in [3.63, 3.8) is 0 Å². The molecule has 2 atom stereocenters. The monoisotopic (exact) mass is 369 g/mol. The third-order valence-electron chi connectivity index (χ3n) is 3.93. The van der Waals surface area contributed by atoms with Crippen LogP contribution in [-0.4, -0.2) is 51.1 Å². The number of rotatable bonds is 6. The second-order valence-electron chi connectivity index (χ2n) is 6.01. The van der Waals surface area contributed by atoms with E-state index in [4.69, 9.17) is 4.74 Å². The first-order chi connectivity index (χ1) is 11.8. The van der Waals surface area contributed by atoms with Crippen molar-refractivity contribution < 1.29 is 22.7 Å². The van der Waals surface area contributed by atoms with E-state index in [0.717, 1.165) is 11.3 Å². The molecule has 0 radical (unpaired) electrons. The van der Waals surface area contributed by atoms with Crippen LogP contribution in [0, 0.1) is 0 Å². The number of ether oxygens (including phenoxy) is 1. The molecule has 1 aliphatic heterocycles. The zero-order valence-corrected chi connectivity index (χ0v) is 15.1. The number of hydrogen-bond acceptors (Lipinski definition) is 5. The highest BCUT2D eigenvalue weighted by atomic mass is 32.2. The summed E-state index contributed by atoms with van der Waals surface area (Å²) in [6.45, 7) is 1.89. The second kappa shape index (κ2) is 8.19. The summed E-state index contributed by atoms with van der Waals surface area (Å²) in [7, 11) is -1.48. The molecular weight excluding hydrogens is 346 g/mol. The molecule has 1 fully saturated rings. The van der Waals surface area contributed by atoms with Gasteiger partial charge in [0.1, 0.15) is 11.8 Å². The van der Waals surface area contributed by atoms with Crippen molar-refractivity contribution in [1.82, 2.24) is 16.0 Å². The smallest absolute Gasteiger partial charge is 0.315 e. The fourth-order valence-electron chi connectivity index (χ4n) is 2.48. The predicted octanol–water partition coefficient (Wildman–Crippen LogP) is 0.186. The van der Waals surface area contributed by atoms with Gasteiger partial charge in [0, 0.05) is 12.6 Å². The Morgan fingerprint density at radius 2 is 1.96 bits per heavy atom. The van der Waals surface area contributed by atoms with E-state index < -0.39 is 28.0 Å². The molecule has 0 aliphatic carbocycles. The van der Waals surface area contributed by atoms with Gasteiger partial charge < -0.3 is 20.7 Å². The average Bonchev–Trinajstić information content (AvgIpc) is 2.91. The average molecular weight is 369 g/mol. The van der Waals surface area contributed by atoms with Gasteiger partial charge in [-0.05, 0) is 31.0 Å². The van der Waals surface area contributed by atoms with Crippen LogP contribution in [0.1, 0.15) is 18.9 Å². The lowest BCUT2D eigenvalue weighted by molar-refractivity contribution is -0.122. The van der Waals surface area contributed by atoms with E-state index in [9.17, 15) is 18.0 Å². The molecule has 138 valence electrons. The first-order valence-corrected chi connectivity index (χ1v) is 9.79. The quantitative estimate of drug-likeness (QED) is 0.662. The van der Waals surface area contributed by atoms with Crippen LogP contribution in [0.2, 0.25) is 0 Å². The molecule has 1 aromatic carbocycles. The highest BCUT2D eigenvalue weighted by Gasteiger charge is 2.29. The van der Waals surface area contributed by atoms with Crippen LogP contribution in [0.25, 0.3) is 0 Å². The molecule has 0 saturated carbocycles. The van der Waals surface area contributed by atoms with Crippen molar-refractivity contribution in [2.24, 2.45) is 0 Å². The number of sulfone groups is 1. The molecular formula is C16H23N3O5S. The van der Waals surface area contributed by atoms with Gasteiger partial charge in [-0.2, -0.15) is 0 Å². The van der Waals surface area contributed by atoms with E-state index >= 15 is 0 Å². The SMILES string of the molecule is COc1ccc(CNC(=O)[C@H](C)NC(=O)N[C@@H]2CCS(=O)(=O)C2)cc1. The number of urea groups is 1. The Balaban J connectivity index is 1.74. The fourth-order valence-corrected chi connectivity index (χ4v) is 4.16. The molecule has 1 saturated heterocycles. The summed E-state index contributed by atoms with van der Waals surface area (Å²) in [6, 6.07) is 5.58. The number of nitrogens with one attached hydrogen (secondary N) is 3. The molecule has 25 heavy (non-hydrogen) atoms. The molecule has 0 unspecified atom stereocenters. The lowest BCUT2D eigenvalue weighted by Crippen LogP contribution is -2.50. The summed E-state index contributed by atoms with van der Waals surface area (Å²) >= 11 is 0. The van der Waals surface area contributed by atoms with Crippen molar-refractivity contribution in [3.8, 4) is 5.75 Å². The van der Waals surface area contributed by atoms with Crippen LogP contribution in [0.5, 0.6) is 5.75 Å². The van der Waals surface area contributed by atoms with Crippen molar-refractivity contribution >= 4 is 21.8 Å². The van der Waals surface area contributed by atoms with Gasteiger partial charge in [0.25, 0.3) is 0 Å². The summed E-state index contributed by atoms with van der Waals surface area (Å²) in [5, 5.41) is 7.83. The number of amides is 3. The number of carbonyl (C=O) groups excluding carboxylic acids is 2. The van der Waals surface area contributed by atoms with Gasteiger partial charge >= 0.3 is 6.03 Å². The maximum atomic E-state index is 12.0. The highest BCUT2D eigenvalue weighted by Crippen LogP contribution is 2.11. The molecule has 0 aromatic heterocycles. The van der Waals surface area contributed by atoms with Gasteiger partial charge in [-0.3, -0.25) is 4.79 Å². The molecule has 1 aliphatic rings. The molecule has 3 N–H and O–H groups in total. The Bertz CT molecular complexity index is 718. The largest absolute Gasteiger partial charge is 0.497 e. The maximum absolute atomic E-state index is 12.0. The summed E-state index contributed by atoms with van der Waals surface area (Å²) in [5.74, 6) is 0.426. The van der Waals surface area contributed by atoms with E-state index in [1.165, 1.54) is 0 Å². The van der Waals surface area contributed by atoms with Crippen LogP contribution in [0.15, 0.2) is 24.3 Å². The van der Waals surface area contributed by atoms with E-state index in [2.05, 4.69) is 16.0 Å². The van der Waals surface area contributed by atoms with Gasteiger partial charge in [0.2, 0.25) is 5.91 Å². The lowest BCUT2D eigenvalue weighted by Gasteiger charge is -2.17. The van der Waals surface area contributed by atoms with Crippen LogP contribution in [-0.2, 0) is 21.2 Å². The summed E-state index contributed by atoms with van der Waals surface area (Å²) in [6.07, 6.45) is 0.397. The number of carbonyl (C=O) groups is 2. The molecule has 0 spiro atoms. The zero-order valence-electron chi connectivity index (χ0n) is 14.2. The Kier molecular flexibility index (Phi) is 6.24. The number of benzene rings is 1. The topological polar surface area (TPSA) is 114 Å². The third kappa shape index (κ3) is 5.93. The van der Waals surface area contributed by atoms with Gasteiger partial charge in [-0.25, -0.2) is 13.2 Å². The van der Waals surface area contributed by atoms with E-state index in [-0.39, 0.29) is 17.4 Å². The first kappa shape index (κ1) is 19.0. The molecule has 2 rings (SSSR count). The fraction of sp³-hybridized carbons (Fsp3) is 0.500. The van der Waals surface area contributed by atoms with Crippen molar-refractivity contribution in [1.29, 1.82) is 0 Å². The first-order valence-electron chi connectivity index (χ1n) is 7.97. The van der Waals surface area contributed by atoms with Crippen LogP contribution in [0.4, 0.5) is 4.79 Å². The van der Waals surface area contributed by atoms with E-state index in [0.29, 0.717) is 13.0 Å². The van der Waals surface area contributed by atoms with Gasteiger partial charge in [-0.1, -0.05) is 12.1 Å². The summed E-state index contributed by atoms with van der Waals surface area (Å²) in [5.41, 5.74) is 0.905. The van der Waals surface area contributed by atoms with Gasteiger partial charge in [0.05, 0.1) is 18.6 Å². The molecule has 1 heterocycles. The highest BCUT2D eigenvalue weighted by molar-refractivity contribution is 7.91. The van der Waals surface area contributed by atoms with Crippen molar-refractivity contribution in [3.05, 3.63) is 29.8 Å². The minimum absolute atomic E-state index is 0.0571. The summed E-state index contributed by atoms with van der Waals surface area (Å²) in [4.78, 5) is 23.9. The Labute approximate surface area is 147 Å². The standard InChI is InChI=1S/C16H23N3O5S/c1-11(18-16(21)19-13-7-8-25(22,23)10-13)15(20)17-9-12-3-5-14(24-2)6-4-12/h3-6,11,13H,7-10H2,1-2H3,(H,17,20)(H2,18,19,21)/t11-,13+/m0/s1. The molecule has 1 aromatic rings. The van der Waals surface area contributed by atoms with Gasteiger partial charge in [-0.15, -0.1) is 0 Å². The molecule has 3 amide bonds. The minimum atomic E-state index is -3.06. The minimum Gasteiger partial charge on any atom is -0.497 e. The Morgan fingerprint density at radius 1 is 1.28 bits per heavy atom. The van der Waals surface area contributed by atoms with E-state index in [1.807, 2.05) is 12.1 Å². The van der Waals surface area contributed by atoms with E-state index in [1.54, 1.807) is 26.2 Å². The second-order valence-corrected chi connectivity index (χ2v) is 8.23. The number of methoxy groups -OCH3 is 1. The van der Waals surface area contributed by atoms with Gasteiger partial charge in [0.15, 0.2) is 9.84 Å². The molecule has 0 bridgehead atoms. The summed E-state index contributed by atoms with van der Waals surface area (Å²) < 4.78 is 27.8. The zero-order chi connectivity index (χ0) is 18.4. The van der Waals surface area contributed by atoms with Crippen LogP contribution in [0.3, 0.4) is 0 Å². The van der Waals surface area contributed by atoms with Crippen LogP contribution >= 0.6 is 0 Å².